The first-order chi connectivity index (χ1) is 15.5. The lowest BCUT2D eigenvalue weighted by atomic mass is 9.88. The van der Waals surface area contributed by atoms with Crippen molar-refractivity contribution in [3.8, 4) is 0 Å². The molecule has 32 heavy (non-hydrogen) atoms. The summed E-state index contributed by atoms with van der Waals surface area (Å²) in [6, 6.07) is 10.9. The molecule has 3 fully saturated rings. The van der Waals surface area contributed by atoms with Crippen LogP contribution in [0.1, 0.15) is 68.4 Å². The molecule has 2 aromatic rings. The number of benzene rings is 2. The third-order valence-corrected chi connectivity index (χ3v) is 9.40. The predicted molar refractivity (Wildman–Crippen MR) is 121 cm³/mol. The molecule has 0 bridgehead atoms. The zero-order chi connectivity index (χ0) is 22.3. The van der Waals surface area contributed by atoms with Gasteiger partial charge >= 0.3 is 0 Å². The Bertz CT molecular complexity index is 1030. The molecule has 3 aliphatic rings. The van der Waals surface area contributed by atoms with Crippen molar-refractivity contribution in [2.24, 2.45) is 5.92 Å². The van der Waals surface area contributed by atoms with Gasteiger partial charge in [-0.1, -0.05) is 31.4 Å². The van der Waals surface area contributed by atoms with Gasteiger partial charge in [0.15, 0.2) is 0 Å². The third kappa shape index (κ3) is 4.02. The lowest BCUT2D eigenvalue weighted by Crippen LogP contribution is -2.40. The number of nitrogens with zero attached hydrogens (tertiary/aromatic N) is 1. The molecule has 170 valence electrons. The van der Waals surface area contributed by atoms with Gasteiger partial charge < -0.3 is 4.90 Å². The van der Waals surface area contributed by atoms with Gasteiger partial charge in [0.1, 0.15) is 11.6 Å². The maximum absolute atomic E-state index is 15.0. The van der Waals surface area contributed by atoms with Crippen molar-refractivity contribution in [3.05, 3.63) is 65.2 Å². The Hall–Kier alpha value is -2.08. The Kier molecular flexibility index (Phi) is 5.91. The molecular formula is C26H29F2NO2S. The predicted octanol–water partition coefficient (Wildman–Crippen LogP) is 5.66. The number of hydrogen-bond donors (Lipinski definition) is 0. The largest absolute Gasteiger partial charge is 0.341 e. The standard InChI is InChI=1S/C26H29F2NO2S/c27-21-9-11-22(12-10-21)32(31)26(20-8-13-23(18-6-7-18)24(28)16-20)14-15-29(17-26)25(30)19-4-2-1-3-5-19/h8-13,16,18-19H,1-7,14-15,17H2/t26-,32?/m0/s1. The van der Waals surface area contributed by atoms with Crippen LogP contribution in [0.4, 0.5) is 8.78 Å². The monoisotopic (exact) mass is 457 g/mol. The van der Waals surface area contributed by atoms with Crippen LogP contribution in [0.5, 0.6) is 0 Å². The lowest BCUT2D eigenvalue weighted by molar-refractivity contribution is -0.135. The molecule has 0 N–H and O–H groups in total. The van der Waals surface area contributed by atoms with E-state index in [1.165, 1.54) is 36.8 Å². The van der Waals surface area contributed by atoms with E-state index in [-0.39, 0.29) is 29.4 Å². The van der Waals surface area contributed by atoms with Crippen molar-refractivity contribution in [3.63, 3.8) is 0 Å². The van der Waals surface area contributed by atoms with E-state index in [2.05, 4.69) is 0 Å². The molecule has 0 aromatic heterocycles. The van der Waals surface area contributed by atoms with Gasteiger partial charge in [-0.05, 0) is 79.5 Å². The first-order valence-electron chi connectivity index (χ1n) is 11.7. The fourth-order valence-corrected chi connectivity index (χ4v) is 7.12. The lowest BCUT2D eigenvalue weighted by Gasteiger charge is -2.31. The van der Waals surface area contributed by atoms with Crippen LogP contribution in [0.25, 0.3) is 0 Å². The number of carbonyl (C=O) groups is 1. The van der Waals surface area contributed by atoms with Gasteiger partial charge in [-0.15, -0.1) is 0 Å². The second kappa shape index (κ2) is 8.69. The number of carbonyl (C=O) groups excluding carboxylic acids is 1. The van der Waals surface area contributed by atoms with Crippen molar-refractivity contribution in [2.45, 2.75) is 66.9 Å². The molecule has 2 atom stereocenters. The quantitative estimate of drug-likeness (QED) is 0.581. The van der Waals surface area contributed by atoms with Gasteiger partial charge in [0.2, 0.25) is 5.91 Å². The molecule has 1 heterocycles. The van der Waals surface area contributed by atoms with Crippen LogP contribution in [0.3, 0.4) is 0 Å². The summed E-state index contributed by atoms with van der Waals surface area (Å²) in [5.74, 6) is -0.182. The number of halogens is 2. The molecule has 5 rings (SSSR count). The third-order valence-electron chi connectivity index (χ3n) is 7.42. The molecule has 3 nitrogen and oxygen atoms in total. The highest BCUT2D eigenvalue weighted by molar-refractivity contribution is 7.86. The maximum atomic E-state index is 15.0. The summed E-state index contributed by atoms with van der Waals surface area (Å²) in [5.41, 5.74) is 1.39. The minimum Gasteiger partial charge on any atom is -0.341 e. The van der Waals surface area contributed by atoms with Crippen molar-refractivity contribution in [2.75, 3.05) is 13.1 Å². The van der Waals surface area contributed by atoms with Crippen LogP contribution in [-0.4, -0.2) is 28.1 Å². The average Bonchev–Trinajstić information content (AvgIpc) is 3.56. The number of hydrogen-bond acceptors (Lipinski definition) is 2. The fourth-order valence-electron chi connectivity index (χ4n) is 5.39. The number of amides is 1. The van der Waals surface area contributed by atoms with Crippen LogP contribution >= 0.6 is 0 Å². The molecule has 1 unspecified atom stereocenters. The minimum atomic E-state index is -1.56. The highest BCUT2D eigenvalue weighted by Crippen LogP contribution is 2.45. The van der Waals surface area contributed by atoms with Gasteiger partial charge in [-0.3, -0.25) is 9.00 Å². The van der Waals surface area contributed by atoms with Crippen molar-refractivity contribution in [1.29, 1.82) is 0 Å². The normalized spacial score (nSPS) is 25.1. The summed E-state index contributed by atoms with van der Waals surface area (Å²) in [5, 5.41) is 0. The summed E-state index contributed by atoms with van der Waals surface area (Å²) < 4.78 is 41.5. The average molecular weight is 458 g/mol. The van der Waals surface area contributed by atoms with Crippen molar-refractivity contribution >= 4 is 16.7 Å². The van der Waals surface area contributed by atoms with E-state index in [1.54, 1.807) is 0 Å². The smallest absolute Gasteiger partial charge is 0.225 e. The van der Waals surface area contributed by atoms with Crippen LogP contribution in [0, 0.1) is 17.6 Å². The topological polar surface area (TPSA) is 37.4 Å². The zero-order valence-corrected chi connectivity index (χ0v) is 19.0. The Labute approximate surface area is 190 Å². The van der Waals surface area contributed by atoms with Crippen LogP contribution in [0.15, 0.2) is 47.4 Å². The van der Waals surface area contributed by atoms with Gasteiger partial charge in [0, 0.05) is 23.9 Å². The highest BCUT2D eigenvalue weighted by Gasteiger charge is 2.48. The molecule has 1 saturated heterocycles. The van der Waals surface area contributed by atoms with E-state index < -0.39 is 15.5 Å². The van der Waals surface area contributed by atoms with E-state index >= 15 is 4.39 Å². The van der Waals surface area contributed by atoms with Crippen LogP contribution in [0.2, 0.25) is 0 Å². The Morgan fingerprint density at radius 2 is 1.69 bits per heavy atom. The Morgan fingerprint density at radius 1 is 0.969 bits per heavy atom. The molecule has 2 aromatic carbocycles. The molecule has 2 saturated carbocycles. The molecular weight excluding hydrogens is 428 g/mol. The zero-order valence-electron chi connectivity index (χ0n) is 18.2. The summed E-state index contributed by atoms with van der Waals surface area (Å²) >= 11 is 0. The summed E-state index contributed by atoms with van der Waals surface area (Å²) in [4.78, 5) is 15.6. The van der Waals surface area contributed by atoms with E-state index in [9.17, 15) is 13.4 Å². The minimum absolute atomic E-state index is 0.0350. The van der Waals surface area contributed by atoms with E-state index in [4.69, 9.17) is 0 Å². The molecule has 6 heteroatoms. The van der Waals surface area contributed by atoms with Gasteiger partial charge in [-0.25, -0.2) is 8.78 Å². The van der Waals surface area contributed by atoms with Gasteiger partial charge in [0.05, 0.1) is 15.5 Å². The van der Waals surface area contributed by atoms with Crippen LogP contribution < -0.4 is 0 Å². The van der Waals surface area contributed by atoms with Crippen molar-refractivity contribution < 1.29 is 17.8 Å². The summed E-state index contributed by atoms with van der Waals surface area (Å²) in [7, 11) is -1.56. The molecule has 1 aliphatic heterocycles. The van der Waals surface area contributed by atoms with E-state index in [1.807, 2.05) is 17.0 Å². The molecule has 2 aliphatic carbocycles. The Balaban J connectivity index is 1.49. The van der Waals surface area contributed by atoms with Crippen LogP contribution in [-0.2, 0) is 20.3 Å². The first kappa shape index (κ1) is 21.7. The Morgan fingerprint density at radius 3 is 2.34 bits per heavy atom. The van der Waals surface area contributed by atoms with E-state index in [0.29, 0.717) is 30.0 Å². The molecule has 0 radical (unpaired) electrons. The highest BCUT2D eigenvalue weighted by atomic mass is 32.2. The second-order valence-electron chi connectivity index (χ2n) is 9.57. The summed E-state index contributed by atoms with van der Waals surface area (Å²) in [6.45, 7) is 0.808. The van der Waals surface area contributed by atoms with Crippen molar-refractivity contribution in [1.82, 2.24) is 4.90 Å². The SMILES string of the molecule is O=C(C1CCCCC1)N1CC[C@](c2ccc(C3CC3)c(F)c2)(S(=O)c2ccc(F)cc2)C1. The van der Waals surface area contributed by atoms with E-state index in [0.717, 1.165) is 44.1 Å². The number of likely N-dealkylation sites (tertiary alicyclic amines) is 1. The molecule has 1 amide bonds. The fraction of sp³-hybridized carbons (Fsp3) is 0.500. The molecule has 0 spiro atoms. The maximum Gasteiger partial charge on any atom is 0.225 e. The van der Waals surface area contributed by atoms with Gasteiger partial charge in [-0.2, -0.15) is 0 Å². The summed E-state index contributed by atoms with van der Waals surface area (Å²) in [6.07, 6.45) is 7.66. The van der Waals surface area contributed by atoms with Gasteiger partial charge in [0.25, 0.3) is 0 Å². The number of rotatable bonds is 5. The first-order valence-corrected chi connectivity index (χ1v) is 12.9. The second-order valence-corrected chi connectivity index (χ2v) is 11.4.